The first-order valence-electron chi connectivity index (χ1n) is 10.3. The summed E-state index contributed by atoms with van der Waals surface area (Å²) in [6.45, 7) is 2.06. The number of halogens is 1. The van der Waals surface area contributed by atoms with Gasteiger partial charge in [-0.15, -0.1) is 0 Å². The van der Waals surface area contributed by atoms with Crippen LogP contribution < -0.4 is 10.6 Å². The first-order chi connectivity index (χ1) is 15.4. The summed E-state index contributed by atoms with van der Waals surface area (Å²) in [5, 5.41) is 11.1. The van der Waals surface area contributed by atoms with Crippen LogP contribution in [-0.2, 0) is 18.3 Å². The van der Waals surface area contributed by atoms with Crippen LogP contribution in [0.25, 0.3) is 22.2 Å². The van der Waals surface area contributed by atoms with Gasteiger partial charge in [0.15, 0.2) is 6.10 Å². The highest BCUT2D eigenvalue weighted by Gasteiger charge is 2.33. The van der Waals surface area contributed by atoms with E-state index in [-0.39, 0.29) is 0 Å². The Labute approximate surface area is 183 Å². The first-order valence-corrected chi connectivity index (χ1v) is 10.3. The van der Waals surface area contributed by atoms with Gasteiger partial charge in [-0.3, -0.25) is 4.79 Å². The standard InChI is InChI=1S/C24H22FN5O2/c1-13-27-22(26)19-17(12-29(2)23(19)28-13)15-8-9-18-16(20(15)25)10-11-30(18)24(32)21(31)14-6-4-3-5-7-14/h3-9,12,21,31H,10-11H2,1-2H3,(H2,26,27,28)/t21-/m0/s1. The molecule has 0 bridgehead atoms. The van der Waals surface area contributed by atoms with Crippen LogP contribution in [-0.4, -0.2) is 32.1 Å². The molecule has 2 aromatic heterocycles. The molecule has 0 unspecified atom stereocenters. The van der Waals surface area contributed by atoms with Crippen molar-refractivity contribution in [1.29, 1.82) is 0 Å². The molecule has 5 rings (SSSR count). The second-order valence-corrected chi connectivity index (χ2v) is 7.99. The van der Waals surface area contributed by atoms with Crippen LogP contribution in [0.15, 0.2) is 48.7 Å². The van der Waals surface area contributed by atoms with Crippen molar-refractivity contribution in [2.75, 3.05) is 17.2 Å². The van der Waals surface area contributed by atoms with Crippen molar-refractivity contribution in [2.24, 2.45) is 7.05 Å². The molecule has 0 spiro atoms. The number of fused-ring (bicyclic) bond motifs is 2. The number of hydrogen-bond acceptors (Lipinski definition) is 5. The lowest BCUT2D eigenvalue weighted by molar-refractivity contribution is -0.126. The molecule has 1 amide bonds. The van der Waals surface area contributed by atoms with Gasteiger partial charge in [-0.05, 0) is 31.0 Å². The monoisotopic (exact) mass is 431 g/mol. The molecule has 4 aromatic rings. The molecule has 3 N–H and O–H groups in total. The number of aryl methyl sites for hydroxylation is 2. The Kier molecular flexibility index (Phi) is 4.67. The molecular weight excluding hydrogens is 409 g/mol. The molecule has 0 aliphatic carbocycles. The van der Waals surface area contributed by atoms with Gasteiger partial charge in [0.25, 0.3) is 5.91 Å². The lowest BCUT2D eigenvalue weighted by Gasteiger charge is -2.21. The number of amides is 1. The molecule has 1 atom stereocenters. The minimum absolute atomic E-state index is 0.297. The Bertz CT molecular complexity index is 1370. The third kappa shape index (κ3) is 3.03. The molecule has 32 heavy (non-hydrogen) atoms. The fraction of sp³-hybridized carbons (Fsp3) is 0.208. The van der Waals surface area contributed by atoms with Crippen LogP contribution in [0.3, 0.4) is 0 Å². The summed E-state index contributed by atoms with van der Waals surface area (Å²) in [5.74, 6) is -0.0334. The Morgan fingerprint density at radius 2 is 1.91 bits per heavy atom. The quantitative estimate of drug-likeness (QED) is 0.519. The van der Waals surface area contributed by atoms with E-state index < -0.39 is 17.8 Å². The minimum atomic E-state index is -1.30. The molecule has 1 aliphatic rings. The van der Waals surface area contributed by atoms with Crippen molar-refractivity contribution >= 4 is 28.4 Å². The Morgan fingerprint density at radius 1 is 1.16 bits per heavy atom. The Morgan fingerprint density at radius 3 is 2.66 bits per heavy atom. The Hall–Kier alpha value is -3.78. The summed E-state index contributed by atoms with van der Waals surface area (Å²) in [6.07, 6.45) is 0.845. The number of carbonyl (C=O) groups excluding carboxylic acids is 1. The third-order valence-corrected chi connectivity index (χ3v) is 5.96. The van der Waals surface area contributed by atoms with Crippen molar-refractivity contribution < 1.29 is 14.3 Å². The van der Waals surface area contributed by atoms with E-state index in [9.17, 15) is 9.90 Å². The number of anilines is 2. The van der Waals surface area contributed by atoms with E-state index >= 15 is 4.39 Å². The number of benzene rings is 2. The van der Waals surface area contributed by atoms with E-state index in [0.717, 1.165) is 0 Å². The largest absolute Gasteiger partial charge is 0.383 e. The number of hydrogen-bond donors (Lipinski definition) is 2. The van der Waals surface area contributed by atoms with Gasteiger partial charge < -0.3 is 20.3 Å². The van der Waals surface area contributed by atoms with Gasteiger partial charge in [-0.1, -0.05) is 30.3 Å². The number of nitrogens with zero attached hydrogens (tertiary/aromatic N) is 4. The van der Waals surface area contributed by atoms with Crippen LogP contribution in [0.4, 0.5) is 15.9 Å². The SMILES string of the molecule is Cc1nc(N)c2c(-c3ccc4c(c3F)CCN4C(=O)[C@@H](O)c3ccccc3)cn(C)c2n1. The zero-order valence-corrected chi connectivity index (χ0v) is 17.7. The van der Waals surface area contributed by atoms with E-state index in [2.05, 4.69) is 9.97 Å². The zero-order chi connectivity index (χ0) is 22.6. The molecule has 7 nitrogen and oxygen atoms in total. The van der Waals surface area contributed by atoms with Crippen LogP contribution in [0.5, 0.6) is 0 Å². The summed E-state index contributed by atoms with van der Waals surface area (Å²) in [6, 6.07) is 12.1. The Balaban J connectivity index is 1.56. The number of rotatable bonds is 3. The van der Waals surface area contributed by atoms with E-state index in [1.54, 1.807) is 54.1 Å². The van der Waals surface area contributed by atoms with Crippen LogP contribution >= 0.6 is 0 Å². The molecule has 2 aromatic carbocycles. The van der Waals surface area contributed by atoms with E-state index in [4.69, 9.17) is 5.73 Å². The van der Waals surface area contributed by atoms with Crippen LogP contribution in [0, 0.1) is 12.7 Å². The molecule has 3 heterocycles. The lowest BCUT2D eigenvalue weighted by Crippen LogP contribution is -2.33. The van der Waals surface area contributed by atoms with Gasteiger partial charge in [-0.2, -0.15) is 0 Å². The molecule has 1 aliphatic heterocycles. The average Bonchev–Trinajstić information content (AvgIpc) is 3.36. The average molecular weight is 431 g/mol. The van der Waals surface area contributed by atoms with Crippen molar-refractivity contribution in [3.63, 3.8) is 0 Å². The van der Waals surface area contributed by atoms with Gasteiger partial charge in [0.05, 0.1) is 5.39 Å². The smallest absolute Gasteiger partial charge is 0.260 e. The second kappa shape index (κ2) is 7.42. The maximum atomic E-state index is 15.7. The van der Waals surface area contributed by atoms with E-state index in [1.165, 1.54) is 4.90 Å². The molecule has 162 valence electrons. The van der Waals surface area contributed by atoms with Crippen molar-refractivity contribution in [3.8, 4) is 11.1 Å². The van der Waals surface area contributed by atoms with Crippen molar-refractivity contribution in [2.45, 2.75) is 19.4 Å². The lowest BCUT2D eigenvalue weighted by atomic mass is 10.0. The van der Waals surface area contributed by atoms with Crippen molar-refractivity contribution in [3.05, 3.63) is 71.4 Å². The fourth-order valence-corrected chi connectivity index (χ4v) is 4.42. The second-order valence-electron chi connectivity index (χ2n) is 7.99. The van der Waals surface area contributed by atoms with Gasteiger partial charge in [0, 0.05) is 42.2 Å². The highest BCUT2D eigenvalue weighted by Crippen LogP contribution is 2.40. The number of aliphatic hydroxyl groups excluding tert-OH is 1. The molecule has 0 radical (unpaired) electrons. The first kappa shape index (κ1) is 20.1. The number of nitrogens with two attached hydrogens (primary N) is 1. The highest BCUT2D eigenvalue weighted by atomic mass is 19.1. The van der Waals surface area contributed by atoms with Gasteiger partial charge in [0.1, 0.15) is 23.1 Å². The van der Waals surface area contributed by atoms with Crippen molar-refractivity contribution in [1.82, 2.24) is 14.5 Å². The maximum absolute atomic E-state index is 15.7. The fourth-order valence-electron chi connectivity index (χ4n) is 4.42. The molecule has 0 saturated heterocycles. The predicted molar refractivity (Wildman–Crippen MR) is 121 cm³/mol. The highest BCUT2D eigenvalue weighted by molar-refractivity contribution is 6.02. The number of nitrogen functional groups attached to an aromatic ring is 1. The normalized spacial score (nSPS) is 14.1. The summed E-state index contributed by atoms with van der Waals surface area (Å²) in [4.78, 5) is 23.1. The van der Waals surface area contributed by atoms with E-state index in [1.807, 2.05) is 13.1 Å². The number of aromatic nitrogens is 3. The summed E-state index contributed by atoms with van der Waals surface area (Å²) >= 11 is 0. The predicted octanol–water partition coefficient (Wildman–Crippen LogP) is 3.29. The molecule has 0 fully saturated rings. The third-order valence-electron chi connectivity index (χ3n) is 5.96. The maximum Gasteiger partial charge on any atom is 0.260 e. The minimum Gasteiger partial charge on any atom is -0.383 e. The summed E-state index contributed by atoms with van der Waals surface area (Å²) < 4.78 is 17.5. The van der Waals surface area contributed by atoms with E-state index in [0.29, 0.717) is 63.6 Å². The summed E-state index contributed by atoms with van der Waals surface area (Å²) in [5.41, 5.74) is 9.20. The zero-order valence-electron chi connectivity index (χ0n) is 17.7. The van der Waals surface area contributed by atoms with Crippen LogP contribution in [0.1, 0.15) is 23.1 Å². The number of aliphatic hydroxyl groups is 1. The van der Waals surface area contributed by atoms with Crippen LogP contribution in [0.2, 0.25) is 0 Å². The molecule has 8 heteroatoms. The topological polar surface area (TPSA) is 97.3 Å². The van der Waals surface area contributed by atoms with Gasteiger partial charge in [0.2, 0.25) is 0 Å². The van der Waals surface area contributed by atoms with Gasteiger partial charge in [-0.25, -0.2) is 14.4 Å². The molecular formula is C24H22FN5O2. The molecule has 0 saturated carbocycles. The summed E-state index contributed by atoms with van der Waals surface area (Å²) in [7, 11) is 1.83. The number of carbonyl (C=O) groups is 1. The van der Waals surface area contributed by atoms with Gasteiger partial charge >= 0.3 is 0 Å².